The fourth-order valence-corrected chi connectivity index (χ4v) is 4.18. The third-order valence-electron chi connectivity index (χ3n) is 5.97. The van der Waals surface area contributed by atoms with E-state index in [0.717, 1.165) is 5.56 Å². The molecule has 6 nitrogen and oxygen atoms in total. The summed E-state index contributed by atoms with van der Waals surface area (Å²) in [6.07, 6.45) is 5.05. The van der Waals surface area contributed by atoms with Gasteiger partial charge in [0.1, 0.15) is 17.4 Å². The van der Waals surface area contributed by atoms with Gasteiger partial charge in [0.25, 0.3) is 0 Å². The Morgan fingerprint density at radius 1 is 0.943 bits per heavy atom. The lowest BCUT2D eigenvalue weighted by Crippen LogP contribution is -2.55. The van der Waals surface area contributed by atoms with Crippen LogP contribution in [-0.2, 0) is 4.79 Å². The highest BCUT2D eigenvalue weighted by Crippen LogP contribution is 2.46. The average molecular weight is 478 g/mol. The highest BCUT2D eigenvalue weighted by atomic mass is 19.1. The van der Waals surface area contributed by atoms with Crippen LogP contribution in [0.3, 0.4) is 0 Å². The van der Waals surface area contributed by atoms with Crippen LogP contribution < -0.4 is 4.90 Å². The zero-order valence-corrected chi connectivity index (χ0v) is 18.8. The molecule has 1 aliphatic heterocycles. The van der Waals surface area contributed by atoms with Gasteiger partial charge >= 0.3 is 0 Å². The van der Waals surface area contributed by atoms with Crippen LogP contribution in [0.5, 0.6) is 5.75 Å². The molecular weight excluding hydrogens is 452 g/mol. The number of rotatable bonds is 6. The largest absolute Gasteiger partial charge is 0.508 e. The molecule has 1 aromatic heterocycles. The summed E-state index contributed by atoms with van der Waals surface area (Å²) >= 11 is 0. The van der Waals surface area contributed by atoms with Crippen molar-refractivity contribution in [2.45, 2.75) is 25.0 Å². The van der Waals surface area contributed by atoms with E-state index >= 15 is 0 Å². The number of carbonyl (C=O) groups is 1. The number of aliphatic hydroxyl groups excluding tert-OH is 1. The normalized spacial score (nSPS) is 17.8. The highest BCUT2D eigenvalue weighted by Gasteiger charge is 2.48. The molecule has 3 aromatic carbocycles. The number of hydrogen-bond donors (Lipinski definition) is 3. The van der Waals surface area contributed by atoms with Gasteiger partial charge in [-0.25, -0.2) is 13.8 Å². The van der Waals surface area contributed by atoms with Crippen molar-refractivity contribution >= 4 is 11.6 Å². The van der Waals surface area contributed by atoms with Gasteiger partial charge in [-0.15, -0.1) is 0 Å². The number of carbonyl (C=O) groups excluding carboxylic acids is 1. The lowest BCUT2D eigenvalue weighted by Gasteiger charge is -2.48. The van der Waals surface area contributed by atoms with Crippen LogP contribution in [0.15, 0.2) is 91.5 Å². The fraction of sp³-hybridized carbons (Fsp3) is 0.185. The van der Waals surface area contributed by atoms with E-state index in [0.29, 0.717) is 24.1 Å². The summed E-state index contributed by atoms with van der Waals surface area (Å²) in [4.78, 5) is 21.0. The van der Waals surface area contributed by atoms with Crippen LogP contribution in [0.1, 0.15) is 36.1 Å². The smallest absolute Gasteiger partial charge is 0.233 e. The van der Waals surface area contributed by atoms with Crippen molar-refractivity contribution in [3.05, 3.63) is 114 Å². The number of anilines is 1. The molecule has 3 N–H and O–H groups in total. The van der Waals surface area contributed by atoms with Gasteiger partial charge in [0.15, 0.2) is 0 Å². The van der Waals surface area contributed by atoms with Gasteiger partial charge in [-0.2, -0.15) is 0 Å². The Hall–Kier alpha value is -4.04. The Bertz CT molecular complexity index is 1200. The third kappa shape index (κ3) is 5.73. The van der Waals surface area contributed by atoms with Gasteiger partial charge in [-0.3, -0.25) is 4.79 Å². The van der Waals surface area contributed by atoms with E-state index < -0.39 is 6.10 Å². The summed E-state index contributed by atoms with van der Waals surface area (Å²) in [5, 5.41) is 20.1. The van der Waals surface area contributed by atoms with Crippen molar-refractivity contribution in [3.8, 4) is 5.75 Å². The maximum Gasteiger partial charge on any atom is 0.233 e. The molecule has 5 rings (SSSR count). The van der Waals surface area contributed by atoms with E-state index in [2.05, 4.69) is 9.97 Å². The number of H-pyrrole nitrogens is 1. The number of aromatic hydroxyl groups is 1. The number of aromatic nitrogens is 2. The first-order valence-corrected chi connectivity index (χ1v) is 11.2. The predicted octanol–water partition coefficient (Wildman–Crippen LogP) is 5.30. The molecule has 35 heavy (non-hydrogen) atoms. The number of aliphatic hydroxyl groups is 1. The van der Waals surface area contributed by atoms with E-state index in [1.807, 2.05) is 0 Å². The van der Waals surface area contributed by atoms with E-state index in [9.17, 15) is 23.8 Å². The minimum absolute atomic E-state index is 0.106. The quantitative estimate of drug-likeness (QED) is 0.329. The summed E-state index contributed by atoms with van der Waals surface area (Å²) < 4.78 is 26.4. The zero-order chi connectivity index (χ0) is 24.8. The third-order valence-corrected chi connectivity index (χ3v) is 5.97. The number of benzene rings is 3. The van der Waals surface area contributed by atoms with Gasteiger partial charge in [-0.05, 0) is 72.5 Å². The number of β-lactam (4-membered cyclic amide) rings is 1. The Kier molecular flexibility index (Phi) is 7.52. The molecule has 0 spiro atoms. The highest BCUT2D eigenvalue weighted by molar-refractivity contribution is 6.03. The monoisotopic (exact) mass is 477 g/mol. The summed E-state index contributed by atoms with van der Waals surface area (Å²) in [5.74, 6) is -1.10. The van der Waals surface area contributed by atoms with Crippen LogP contribution in [0.4, 0.5) is 14.5 Å². The summed E-state index contributed by atoms with van der Waals surface area (Å²) in [7, 11) is 0. The molecule has 1 saturated heterocycles. The first kappa shape index (κ1) is 24.1. The number of imidazole rings is 1. The van der Waals surface area contributed by atoms with Gasteiger partial charge in [-0.1, -0.05) is 24.3 Å². The predicted molar refractivity (Wildman–Crippen MR) is 127 cm³/mol. The summed E-state index contributed by atoms with van der Waals surface area (Å²) in [5.41, 5.74) is 2.03. The van der Waals surface area contributed by atoms with Crippen LogP contribution in [0, 0.1) is 17.6 Å². The van der Waals surface area contributed by atoms with Crippen molar-refractivity contribution in [1.82, 2.24) is 9.97 Å². The van der Waals surface area contributed by atoms with E-state index in [4.69, 9.17) is 0 Å². The first-order valence-electron chi connectivity index (χ1n) is 11.2. The molecule has 8 heteroatoms. The van der Waals surface area contributed by atoms with Crippen molar-refractivity contribution in [2.24, 2.45) is 5.92 Å². The molecule has 0 radical (unpaired) electrons. The second-order valence-electron chi connectivity index (χ2n) is 8.23. The molecular formula is C27H25F2N3O3. The molecule has 180 valence electrons. The Labute approximate surface area is 201 Å². The van der Waals surface area contributed by atoms with Crippen molar-refractivity contribution in [2.75, 3.05) is 4.90 Å². The van der Waals surface area contributed by atoms with Gasteiger partial charge in [0.05, 0.1) is 24.4 Å². The summed E-state index contributed by atoms with van der Waals surface area (Å²) in [6, 6.07) is 17.7. The van der Waals surface area contributed by atoms with Crippen LogP contribution >= 0.6 is 0 Å². The molecule has 1 fully saturated rings. The molecule has 1 amide bonds. The van der Waals surface area contributed by atoms with Crippen LogP contribution in [-0.4, -0.2) is 26.1 Å². The molecule has 1 aliphatic rings. The molecule has 0 bridgehead atoms. The topological polar surface area (TPSA) is 89.5 Å². The number of nitrogens with one attached hydrogen (secondary N) is 1. The molecule has 0 aliphatic carbocycles. The average Bonchev–Trinajstić information content (AvgIpc) is 3.45. The fourth-order valence-electron chi connectivity index (χ4n) is 4.18. The molecule has 3 atom stereocenters. The van der Waals surface area contributed by atoms with Gasteiger partial charge < -0.3 is 20.1 Å². The Morgan fingerprint density at radius 2 is 1.57 bits per heavy atom. The maximum absolute atomic E-state index is 13.3. The van der Waals surface area contributed by atoms with Crippen molar-refractivity contribution < 1.29 is 23.8 Å². The maximum atomic E-state index is 13.3. The zero-order valence-electron chi connectivity index (χ0n) is 18.8. The number of hydrogen-bond acceptors (Lipinski definition) is 4. The molecule has 0 saturated carbocycles. The Balaban J connectivity index is 0.000000514. The number of aromatic amines is 1. The lowest BCUT2D eigenvalue weighted by molar-refractivity contribution is -0.131. The number of amides is 1. The number of phenolic OH excluding ortho intramolecular Hbond substituents is 1. The van der Waals surface area contributed by atoms with Crippen molar-refractivity contribution in [3.63, 3.8) is 0 Å². The lowest BCUT2D eigenvalue weighted by atomic mass is 9.78. The van der Waals surface area contributed by atoms with Crippen LogP contribution in [0.2, 0.25) is 0 Å². The van der Waals surface area contributed by atoms with Gasteiger partial charge in [0, 0.05) is 18.1 Å². The second-order valence-corrected chi connectivity index (χ2v) is 8.23. The summed E-state index contributed by atoms with van der Waals surface area (Å²) in [6.45, 7) is 0. The van der Waals surface area contributed by atoms with E-state index in [1.165, 1.54) is 36.4 Å². The number of halogens is 2. The minimum Gasteiger partial charge on any atom is -0.508 e. The van der Waals surface area contributed by atoms with E-state index in [-0.39, 0.29) is 35.3 Å². The van der Waals surface area contributed by atoms with E-state index in [1.54, 1.807) is 60.0 Å². The second kappa shape index (κ2) is 10.9. The molecule has 4 aromatic rings. The van der Waals surface area contributed by atoms with Crippen molar-refractivity contribution in [1.29, 1.82) is 0 Å². The standard InChI is InChI=1S/C24H21F2NO3.C3H4N2/c25-17-5-1-15(2-6-17)22(29)14-13-21-23(16-3-11-20(28)12-4-16)27(24(21)30)19-9-7-18(26)8-10-19;1-2-5-3-4-1/h1-12,21-23,28-29H,13-14H2;1-3H,(H,4,5)/t21-,22+,23-;/m0./s1. The number of phenols is 1. The number of nitrogens with zero attached hydrogens (tertiary/aromatic N) is 2. The first-order chi connectivity index (χ1) is 16.9. The molecule has 0 unspecified atom stereocenters. The van der Waals surface area contributed by atoms with Gasteiger partial charge in [0.2, 0.25) is 5.91 Å². The molecule has 2 heterocycles. The SMILES string of the molecule is O=C1[C@@H](CC[C@@H](O)c2ccc(F)cc2)[C@H](c2ccc(O)cc2)N1c1ccc(F)cc1.c1c[nH]cn1. The minimum atomic E-state index is -0.807. The van der Waals surface area contributed by atoms with Crippen LogP contribution in [0.25, 0.3) is 0 Å². The Morgan fingerprint density at radius 3 is 2.11 bits per heavy atom.